The van der Waals surface area contributed by atoms with Crippen molar-refractivity contribution < 1.29 is 4.74 Å². The van der Waals surface area contributed by atoms with Gasteiger partial charge < -0.3 is 15.4 Å². The molecule has 2 aliphatic rings. The molecular weight excluding hydrogens is 202 g/mol. The monoisotopic (exact) mass is 225 g/mol. The molecule has 1 aliphatic carbocycles. The molecular formula is C12H23N3O. The summed E-state index contributed by atoms with van der Waals surface area (Å²) in [7, 11) is 1.73. The van der Waals surface area contributed by atoms with Gasteiger partial charge in [0.15, 0.2) is 5.96 Å². The Balaban J connectivity index is 1.96. The average Bonchev–Trinajstić information content (AvgIpc) is 2.50. The number of hydrogen-bond donors (Lipinski definition) is 1. The van der Waals surface area contributed by atoms with Crippen molar-refractivity contribution in [1.82, 2.24) is 4.90 Å². The Hall–Kier alpha value is -0.770. The van der Waals surface area contributed by atoms with Gasteiger partial charge in [-0.25, -0.2) is 0 Å². The topological polar surface area (TPSA) is 50.9 Å². The molecule has 0 atom stereocenters. The fraction of sp³-hybridized carbons (Fsp3) is 0.917. The van der Waals surface area contributed by atoms with Gasteiger partial charge in [0.1, 0.15) is 0 Å². The van der Waals surface area contributed by atoms with Crippen molar-refractivity contribution in [2.45, 2.75) is 32.2 Å². The Labute approximate surface area is 97.9 Å². The average molecular weight is 225 g/mol. The van der Waals surface area contributed by atoms with Gasteiger partial charge in [0.05, 0.1) is 18.7 Å². The van der Waals surface area contributed by atoms with E-state index in [4.69, 9.17) is 10.5 Å². The molecule has 2 N–H and O–H groups in total. The first-order valence-corrected chi connectivity index (χ1v) is 6.15. The lowest BCUT2D eigenvalue weighted by Crippen LogP contribution is -2.60. The highest BCUT2D eigenvalue weighted by atomic mass is 16.5. The summed E-state index contributed by atoms with van der Waals surface area (Å²) < 4.78 is 5.14. The second-order valence-electron chi connectivity index (χ2n) is 5.46. The second kappa shape index (κ2) is 4.24. The summed E-state index contributed by atoms with van der Waals surface area (Å²) in [5.74, 6) is 2.32. The summed E-state index contributed by atoms with van der Waals surface area (Å²) in [6, 6.07) is 0. The third kappa shape index (κ3) is 1.79. The molecule has 0 saturated heterocycles. The normalized spacial score (nSPS) is 33.4. The molecule has 0 aromatic rings. The van der Waals surface area contributed by atoms with E-state index >= 15 is 0 Å². The van der Waals surface area contributed by atoms with Crippen LogP contribution in [0.4, 0.5) is 0 Å². The van der Waals surface area contributed by atoms with E-state index in [1.165, 1.54) is 12.8 Å². The summed E-state index contributed by atoms with van der Waals surface area (Å²) in [5, 5.41) is 0. The summed E-state index contributed by atoms with van der Waals surface area (Å²) in [6.45, 7) is 7.08. The van der Waals surface area contributed by atoms with E-state index in [0.717, 1.165) is 31.5 Å². The highest BCUT2D eigenvalue weighted by Gasteiger charge is 2.52. The largest absolute Gasteiger partial charge is 0.383 e. The predicted octanol–water partition coefficient (Wildman–Crippen LogP) is 1.07. The molecule has 16 heavy (non-hydrogen) atoms. The molecule has 1 fully saturated rings. The number of nitrogens with two attached hydrogens (primary N) is 1. The summed E-state index contributed by atoms with van der Waals surface area (Å²) in [6.07, 6.45) is 2.47. The Morgan fingerprint density at radius 1 is 1.56 bits per heavy atom. The van der Waals surface area contributed by atoms with E-state index in [-0.39, 0.29) is 5.54 Å². The van der Waals surface area contributed by atoms with Gasteiger partial charge >= 0.3 is 0 Å². The predicted molar refractivity (Wildman–Crippen MR) is 65.4 cm³/mol. The first-order valence-electron chi connectivity index (χ1n) is 6.15. The van der Waals surface area contributed by atoms with Gasteiger partial charge in [0.25, 0.3) is 0 Å². The molecule has 0 bridgehead atoms. The van der Waals surface area contributed by atoms with Gasteiger partial charge in [-0.15, -0.1) is 0 Å². The third-order valence-electron chi connectivity index (χ3n) is 4.13. The molecule has 2 rings (SSSR count). The molecule has 0 unspecified atom stereocenters. The van der Waals surface area contributed by atoms with Crippen LogP contribution in [0.25, 0.3) is 0 Å². The van der Waals surface area contributed by atoms with Crippen LogP contribution in [-0.4, -0.2) is 43.2 Å². The first-order chi connectivity index (χ1) is 7.59. The molecule has 92 valence electrons. The molecule has 0 aromatic heterocycles. The minimum atomic E-state index is 0.234. The van der Waals surface area contributed by atoms with Crippen LogP contribution in [0.15, 0.2) is 4.99 Å². The first kappa shape index (κ1) is 11.7. The molecule has 0 amide bonds. The van der Waals surface area contributed by atoms with Crippen LogP contribution >= 0.6 is 0 Å². The fourth-order valence-corrected chi connectivity index (χ4v) is 2.91. The van der Waals surface area contributed by atoms with Crippen LogP contribution in [0.5, 0.6) is 0 Å². The van der Waals surface area contributed by atoms with Gasteiger partial charge in [-0.05, 0) is 24.7 Å². The zero-order chi connectivity index (χ0) is 11.8. The van der Waals surface area contributed by atoms with Crippen molar-refractivity contribution in [3.8, 4) is 0 Å². The summed E-state index contributed by atoms with van der Waals surface area (Å²) in [5.41, 5.74) is 6.18. The highest BCUT2D eigenvalue weighted by molar-refractivity contribution is 5.81. The van der Waals surface area contributed by atoms with Crippen LogP contribution in [-0.2, 0) is 4.74 Å². The number of hydrogen-bond acceptors (Lipinski definition) is 4. The lowest BCUT2D eigenvalue weighted by Gasteiger charge is -2.52. The van der Waals surface area contributed by atoms with Crippen LogP contribution < -0.4 is 5.73 Å². The number of guanidine groups is 1. The maximum atomic E-state index is 5.95. The van der Waals surface area contributed by atoms with E-state index in [1.54, 1.807) is 7.11 Å². The van der Waals surface area contributed by atoms with Crippen molar-refractivity contribution in [2.24, 2.45) is 22.6 Å². The van der Waals surface area contributed by atoms with Crippen LogP contribution in [0, 0.1) is 11.8 Å². The van der Waals surface area contributed by atoms with E-state index in [2.05, 4.69) is 23.7 Å². The minimum Gasteiger partial charge on any atom is -0.383 e. The van der Waals surface area contributed by atoms with Crippen molar-refractivity contribution >= 4 is 5.96 Å². The van der Waals surface area contributed by atoms with Crippen molar-refractivity contribution in [3.63, 3.8) is 0 Å². The number of nitrogens with zero attached hydrogens (tertiary/aromatic N) is 2. The van der Waals surface area contributed by atoms with Gasteiger partial charge in [-0.2, -0.15) is 0 Å². The maximum Gasteiger partial charge on any atom is 0.191 e. The van der Waals surface area contributed by atoms with Gasteiger partial charge in [0, 0.05) is 13.7 Å². The SMILES string of the molecule is COCCN1C(N)=NCC12CC(C(C)C)C2. The number of aliphatic imine (C=N–C) groups is 1. The standard InChI is InChI=1S/C12H23N3O/c1-9(2)10-6-12(7-10)8-14-11(13)15(12)4-5-16-3/h9-10H,4-8H2,1-3H3,(H2,13,14). The Bertz CT molecular complexity index is 282. The molecule has 4 heteroatoms. The Morgan fingerprint density at radius 2 is 2.25 bits per heavy atom. The summed E-state index contributed by atoms with van der Waals surface area (Å²) >= 11 is 0. The lowest BCUT2D eigenvalue weighted by molar-refractivity contribution is 0.00794. The zero-order valence-electron chi connectivity index (χ0n) is 10.6. The van der Waals surface area contributed by atoms with Gasteiger partial charge in [-0.1, -0.05) is 13.8 Å². The van der Waals surface area contributed by atoms with E-state index in [0.29, 0.717) is 5.96 Å². The fourth-order valence-electron chi connectivity index (χ4n) is 2.91. The van der Waals surface area contributed by atoms with Crippen molar-refractivity contribution in [1.29, 1.82) is 0 Å². The molecule has 4 nitrogen and oxygen atoms in total. The molecule has 0 radical (unpaired) electrons. The summed E-state index contributed by atoms with van der Waals surface area (Å²) in [4.78, 5) is 6.66. The lowest BCUT2D eigenvalue weighted by atomic mass is 9.63. The molecule has 1 heterocycles. The van der Waals surface area contributed by atoms with E-state index in [1.807, 2.05) is 0 Å². The Morgan fingerprint density at radius 3 is 2.81 bits per heavy atom. The third-order valence-corrected chi connectivity index (χ3v) is 4.13. The van der Waals surface area contributed by atoms with Crippen molar-refractivity contribution in [2.75, 3.05) is 26.8 Å². The maximum absolute atomic E-state index is 5.95. The smallest absolute Gasteiger partial charge is 0.191 e. The minimum absolute atomic E-state index is 0.234. The zero-order valence-corrected chi connectivity index (χ0v) is 10.6. The second-order valence-corrected chi connectivity index (χ2v) is 5.46. The van der Waals surface area contributed by atoms with E-state index < -0.39 is 0 Å². The Kier molecular flexibility index (Phi) is 3.10. The van der Waals surface area contributed by atoms with Crippen LogP contribution in [0.2, 0.25) is 0 Å². The van der Waals surface area contributed by atoms with Gasteiger partial charge in [0.2, 0.25) is 0 Å². The van der Waals surface area contributed by atoms with Crippen LogP contribution in [0.3, 0.4) is 0 Å². The number of rotatable bonds is 4. The van der Waals surface area contributed by atoms with Crippen LogP contribution in [0.1, 0.15) is 26.7 Å². The van der Waals surface area contributed by atoms with Crippen molar-refractivity contribution in [3.05, 3.63) is 0 Å². The molecule has 1 spiro atoms. The highest BCUT2D eigenvalue weighted by Crippen LogP contribution is 2.47. The molecule has 1 saturated carbocycles. The molecule has 1 aliphatic heterocycles. The number of ether oxygens (including phenoxy) is 1. The quantitative estimate of drug-likeness (QED) is 0.778. The number of methoxy groups -OCH3 is 1. The van der Waals surface area contributed by atoms with Gasteiger partial charge in [-0.3, -0.25) is 4.99 Å². The van der Waals surface area contributed by atoms with E-state index in [9.17, 15) is 0 Å². The molecule has 0 aromatic carbocycles.